The molecule has 0 saturated heterocycles. The lowest BCUT2D eigenvalue weighted by Crippen LogP contribution is -2.46. The van der Waals surface area contributed by atoms with Gasteiger partial charge in [0.1, 0.15) is 29.8 Å². The van der Waals surface area contributed by atoms with Crippen molar-refractivity contribution >= 4 is 28.7 Å². The summed E-state index contributed by atoms with van der Waals surface area (Å²) < 4.78 is 12.3. The van der Waals surface area contributed by atoms with Crippen LogP contribution in [0.15, 0.2) is 18.2 Å². The van der Waals surface area contributed by atoms with E-state index in [2.05, 4.69) is 10.6 Å². The number of rotatable bonds is 7. The highest BCUT2D eigenvalue weighted by atomic mass is 16.5. The Morgan fingerprint density at radius 2 is 1.81 bits per heavy atom. The number of fused-ring (bicyclic) bond motifs is 1. The van der Waals surface area contributed by atoms with Crippen LogP contribution in [-0.4, -0.2) is 54.3 Å². The Kier molecular flexibility index (Phi) is 5.71. The second-order valence-corrected chi connectivity index (χ2v) is 5.63. The molecule has 0 bridgehead atoms. The van der Waals surface area contributed by atoms with Crippen LogP contribution in [0.5, 0.6) is 11.5 Å². The van der Waals surface area contributed by atoms with Crippen molar-refractivity contribution < 1.29 is 29.0 Å². The molecular weight excluding hydrogens is 342 g/mol. The van der Waals surface area contributed by atoms with Crippen molar-refractivity contribution in [1.82, 2.24) is 15.2 Å². The third kappa shape index (κ3) is 3.71. The molecule has 2 aromatic rings. The van der Waals surface area contributed by atoms with Crippen molar-refractivity contribution in [1.29, 1.82) is 0 Å². The number of ether oxygens (including phenoxy) is 2. The van der Waals surface area contributed by atoms with Gasteiger partial charge in [-0.3, -0.25) is 14.4 Å². The molecule has 9 nitrogen and oxygen atoms in total. The number of aliphatic carboxylic acids is 1. The summed E-state index contributed by atoms with van der Waals surface area (Å²) >= 11 is 0. The molecule has 1 aromatic carbocycles. The van der Waals surface area contributed by atoms with Gasteiger partial charge < -0.3 is 29.8 Å². The lowest BCUT2D eigenvalue weighted by Gasteiger charge is -2.14. The largest absolute Gasteiger partial charge is 0.496 e. The molecule has 26 heavy (non-hydrogen) atoms. The van der Waals surface area contributed by atoms with E-state index in [1.807, 2.05) is 0 Å². The number of carboxylic acid groups (broad SMARTS) is 1. The summed E-state index contributed by atoms with van der Waals surface area (Å²) in [6, 6.07) is 4.23. The minimum absolute atomic E-state index is 0.306. The SMILES string of the molecule is COc1ccc(OC)c2c1cc(C(=O)NC(C)C(=O)NCC(=O)O)n2C. The zero-order chi connectivity index (χ0) is 19.4. The van der Waals surface area contributed by atoms with Gasteiger partial charge in [-0.1, -0.05) is 0 Å². The highest BCUT2D eigenvalue weighted by molar-refractivity contribution is 6.03. The number of hydrogen-bond acceptors (Lipinski definition) is 5. The van der Waals surface area contributed by atoms with Gasteiger partial charge in [0, 0.05) is 12.4 Å². The van der Waals surface area contributed by atoms with Crippen LogP contribution >= 0.6 is 0 Å². The van der Waals surface area contributed by atoms with E-state index >= 15 is 0 Å². The first-order chi connectivity index (χ1) is 12.3. The number of aromatic nitrogens is 1. The van der Waals surface area contributed by atoms with Crippen LogP contribution in [0.25, 0.3) is 10.9 Å². The Labute approximate surface area is 149 Å². The van der Waals surface area contributed by atoms with E-state index in [1.54, 1.807) is 29.8 Å². The molecule has 0 radical (unpaired) electrons. The highest BCUT2D eigenvalue weighted by Gasteiger charge is 2.22. The number of carboxylic acids is 1. The molecule has 1 aromatic heterocycles. The number of amides is 2. The quantitative estimate of drug-likeness (QED) is 0.660. The van der Waals surface area contributed by atoms with Gasteiger partial charge in [0.25, 0.3) is 5.91 Å². The van der Waals surface area contributed by atoms with Crippen LogP contribution in [0.1, 0.15) is 17.4 Å². The smallest absolute Gasteiger partial charge is 0.322 e. The Morgan fingerprint density at radius 1 is 1.19 bits per heavy atom. The average Bonchev–Trinajstić information content (AvgIpc) is 2.96. The Hall–Kier alpha value is -3.23. The van der Waals surface area contributed by atoms with Crippen molar-refractivity contribution in [2.45, 2.75) is 13.0 Å². The van der Waals surface area contributed by atoms with E-state index in [0.717, 1.165) is 0 Å². The van der Waals surface area contributed by atoms with Gasteiger partial charge in [0.2, 0.25) is 5.91 Å². The van der Waals surface area contributed by atoms with E-state index < -0.39 is 30.4 Å². The Balaban J connectivity index is 2.29. The third-order valence-electron chi connectivity index (χ3n) is 3.95. The molecule has 0 aliphatic rings. The lowest BCUT2D eigenvalue weighted by atomic mass is 10.2. The van der Waals surface area contributed by atoms with E-state index in [0.29, 0.717) is 28.1 Å². The number of carbonyl (C=O) groups excluding carboxylic acids is 2. The molecule has 9 heteroatoms. The van der Waals surface area contributed by atoms with Crippen LogP contribution in [0.3, 0.4) is 0 Å². The number of carbonyl (C=O) groups is 3. The zero-order valence-electron chi connectivity index (χ0n) is 15.0. The van der Waals surface area contributed by atoms with Crippen LogP contribution in [0.2, 0.25) is 0 Å². The highest BCUT2D eigenvalue weighted by Crippen LogP contribution is 2.35. The van der Waals surface area contributed by atoms with Crippen molar-refractivity contribution in [3.05, 3.63) is 23.9 Å². The lowest BCUT2D eigenvalue weighted by molar-refractivity contribution is -0.138. The Bertz CT molecular complexity index is 858. The summed E-state index contributed by atoms with van der Waals surface area (Å²) in [6.45, 7) is 0.959. The molecule has 1 heterocycles. The number of nitrogens with one attached hydrogen (secondary N) is 2. The van der Waals surface area contributed by atoms with Crippen molar-refractivity contribution in [3.8, 4) is 11.5 Å². The second kappa shape index (κ2) is 7.77. The van der Waals surface area contributed by atoms with Gasteiger partial charge in [-0.05, 0) is 25.1 Å². The summed E-state index contributed by atoms with van der Waals surface area (Å²) in [5.74, 6) is -1.07. The first-order valence-electron chi connectivity index (χ1n) is 7.80. The standard InChI is InChI=1S/C17H21N3O6/c1-9(16(23)18-8-14(21)22)19-17(24)11-7-10-12(25-3)5-6-13(26-4)15(10)20(11)2/h5-7,9H,8H2,1-4H3,(H,18,23)(H,19,24)(H,21,22). The van der Waals surface area contributed by atoms with Gasteiger partial charge in [0.15, 0.2) is 0 Å². The number of nitrogens with zero attached hydrogens (tertiary/aromatic N) is 1. The minimum Gasteiger partial charge on any atom is -0.496 e. The van der Waals surface area contributed by atoms with Crippen molar-refractivity contribution in [2.75, 3.05) is 20.8 Å². The van der Waals surface area contributed by atoms with Gasteiger partial charge >= 0.3 is 5.97 Å². The van der Waals surface area contributed by atoms with E-state index in [1.165, 1.54) is 21.1 Å². The summed E-state index contributed by atoms with van der Waals surface area (Å²) in [4.78, 5) is 34.9. The predicted molar refractivity (Wildman–Crippen MR) is 93.6 cm³/mol. The van der Waals surface area contributed by atoms with Gasteiger partial charge in [-0.2, -0.15) is 0 Å². The molecule has 0 aliphatic heterocycles. The van der Waals surface area contributed by atoms with Crippen LogP contribution < -0.4 is 20.1 Å². The average molecular weight is 363 g/mol. The number of aryl methyl sites for hydroxylation is 1. The fourth-order valence-electron chi connectivity index (χ4n) is 2.62. The molecule has 1 atom stereocenters. The predicted octanol–water partition coefficient (Wildman–Crippen LogP) is 0.515. The minimum atomic E-state index is -1.16. The molecule has 0 aliphatic carbocycles. The number of methoxy groups -OCH3 is 2. The molecule has 2 amide bonds. The summed E-state index contributed by atoms with van der Waals surface area (Å²) in [5.41, 5.74) is 0.987. The van der Waals surface area contributed by atoms with Gasteiger partial charge in [-0.25, -0.2) is 0 Å². The maximum Gasteiger partial charge on any atom is 0.322 e. The molecule has 0 saturated carbocycles. The van der Waals surface area contributed by atoms with Crippen molar-refractivity contribution in [2.24, 2.45) is 7.05 Å². The fraction of sp³-hybridized carbons (Fsp3) is 0.353. The zero-order valence-corrected chi connectivity index (χ0v) is 15.0. The first kappa shape index (κ1) is 19.1. The van der Waals surface area contributed by atoms with Crippen LogP contribution in [-0.2, 0) is 16.6 Å². The summed E-state index contributed by atoms with van der Waals surface area (Å²) in [7, 11) is 4.76. The molecule has 3 N–H and O–H groups in total. The third-order valence-corrected chi connectivity index (χ3v) is 3.95. The monoisotopic (exact) mass is 363 g/mol. The molecule has 0 fully saturated rings. The molecule has 2 rings (SSSR count). The number of hydrogen-bond donors (Lipinski definition) is 3. The molecule has 0 spiro atoms. The van der Waals surface area contributed by atoms with Crippen molar-refractivity contribution in [3.63, 3.8) is 0 Å². The van der Waals surface area contributed by atoms with E-state index in [4.69, 9.17) is 14.6 Å². The summed E-state index contributed by atoms with van der Waals surface area (Å²) in [5, 5.41) is 14.1. The van der Waals surface area contributed by atoms with Gasteiger partial charge in [-0.15, -0.1) is 0 Å². The van der Waals surface area contributed by atoms with Crippen LogP contribution in [0.4, 0.5) is 0 Å². The van der Waals surface area contributed by atoms with E-state index in [9.17, 15) is 14.4 Å². The first-order valence-corrected chi connectivity index (χ1v) is 7.80. The molecule has 1 unspecified atom stereocenters. The maximum absolute atomic E-state index is 12.6. The van der Waals surface area contributed by atoms with Gasteiger partial charge in [0.05, 0.1) is 19.7 Å². The second-order valence-electron chi connectivity index (χ2n) is 5.63. The summed E-state index contributed by atoms with van der Waals surface area (Å²) in [6.07, 6.45) is 0. The normalized spacial score (nSPS) is 11.7. The fourth-order valence-corrected chi connectivity index (χ4v) is 2.62. The maximum atomic E-state index is 12.6. The molecule has 140 valence electrons. The topological polar surface area (TPSA) is 119 Å². The van der Waals surface area contributed by atoms with Crippen LogP contribution in [0, 0.1) is 0 Å². The Morgan fingerprint density at radius 3 is 2.38 bits per heavy atom. The van der Waals surface area contributed by atoms with E-state index in [-0.39, 0.29) is 0 Å². The number of benzene rings is 1. The molecular formula is C17H21N3O6.